The van der Waals surface area contributed by atoms with Crippen molar-refractivity contribution >= 4 is 21.6 Å². The summed E-state index contributed by atoms with van der Waals surface area (Å²) in [5.41, 5.74) is 0.643. The normalized spacial score (nSPS) is 11.8. The first-order valence-corrected chi connectivity index (χ1v) is 14.3. The summed E-state index contributed by atoms with van der Waals surface area (Å²) in [4.78, 5) is 19.6. The average Bonchev–Trinajstić information content (AvgIpc) is 3.39. The molecule has 0 aliphatic rings. The van der Waals surface area contributed by atoms with Crippen LogP contribution in [-0.4, -0.2) is 54.0 Å². The molecule has 0 atom stereocenters. The molecule has 0 radical (unpaired) electrons. The molecule has 0 spiro atoms. The number of aryl methyl sites for hydroxylation is 1. The maximum Gasteiger partial charge on any atom is 0.433 e. The van der Waals surface area contributed by atoms with Gasteiger partial charge in [0.1, 0.15) is 5.69 Å². The van der Waals surface area contributed by atoms with Crippen LogP contribution in [0.4, 0.5) is 19.0 Å². The molecule has 0 bridgehead atoms. The van der Waals surface area contributed by atoms with Gasteiger partial charge in [-0.1, -0.05) is 24.3 Å². The van der Waals surface area contributed by atoms with Crippen LogP contribution >= 0.6 is 0 Å². The van der Waals surface area contributed by atoms with E-state index < -0.39 is 38.5 Å². The maximum absolute atomic E-state index is 13.6. The van der Waals surface area contributed by atoms with Crippen molar-refractivity contribution < 1.29 is 35.9 Å². The molecule has 1 amide bonds. The van der Waals surface area contributed by atoms with E-state index in [4.69, 9.17) is 9.47 Å². The number of aromatic nitrogens is 4. The van der Waals surface area contributed by atoms with E-state index >= 15 is 0 Å². The van der Waals surface area contributed by atoms with Crippen molar-refractivity contribution in [1.29, 1.82) is 0 Å². The topological polar surface area (TPSA) is 125 Å². The maximum atomic E-state index is 13.6. The largest absolute Gasteiger partial charge is 0.493 e. The second kappa shape index (κ2) is 12.6. The molecule has 0 aliphatic heterocycles. The van der Waals surface area contributed by atoms with Crippen molar-refractivity contribution in [2.75, 3.05) is 25.3 Å². The van der Waals surface area contributed by atoms with Crippen LogP contribution < -0.4 is 14.8 Å². The zero-order chi connectivity index (χ0) is 30.5. The van der Waals surface area contributed by atoms with Crippen LogP contribution in [0.2, 0.25) is 0 Å². The molecule has 10 nitrogen and oxygen atoms in total. The average molecular weight is 604 g/mol. The Kier molecular flexibility index (Phi) is 9.14. The van der Waals surface area contributed by atoms with Gasteiger partial charge in [0.25, 0.3) is 0 Å². The van der Waals surface area contributed by atoms with E-state index in [1.54, 1.807) is 16.9 Å². The van der Waals surface area contributed by atoms with Gasteiger partial charge in [0.2, 0.25) is 20.9 Å². The number of nitrogens with one attached hydrogen (secondary N) is 1. The number of anilines is 1. The van der Waals surface area contributed by atoms with E-state index in [1.165, 1.54) is 32.4 Å². The van der Waals surface area contributed by atoms with Gasteiger partial charge in [-0.3, -0.25) is 9.48 Å². The molecule has 0 saturated heterocycles. The van der Waals surface area contributed by atoms with Gasteiger partial charge in [-0.15, -0.1) is 0 Å². The number of hydrogen-bond donors (Lipinski definition) is 1. The fourth-order valence-corrected chi connectivity index (χ4v) is 5.23. The fraction of sp³-hybridized carbons (Fsp3) is 0.286. The number of nitrogens with zero attached hydrogens (tertiary/aromatic N) is 4. The van der Waals surface area contributed by atoms with Crippen LogP contribution in [-0.2, 0) is 27.4 Å². The standard InChI is InChI=1S/C28H28F3N5O5S/c1-18-7-4-5-8-20(18)17-36-13-12-25(35-36)34-26(37)9-6-14-42(38,39)27-32-21(16-24(33-27)28(29,30)31)19-10-11-22(40-2)23(15-19)41-3/h4-5,7-8,10-13,15-16H,6,9,14,17H2,1-3H3,(H,34,35,37). The lowest BCUT2D eigenvalue weighted by Crippen LogP contribution is -2.18. The van der Waals surface area contributed by atoms with Crippen molar-refractivity contribution in [3.63, 3.8) is 0 Å². The molecule has 42 heavy (non-hydrogen) atoms. The molecule has 2 aromatic heterocycles. The minimum absolute atomic E-state index is 0.165. The second-order valence-corrected chi connectivity index (χ2v) is 11.3. The summed E-state index contributed by atoms with van der Waals surface area (Å²) >= 11 is 0. The van der Waals surface area contributed by atoms with E-state index in [-0.39, 0.29) is 35.7 Å². The Bertz CT molecular complexity index is 1690. The third-order valence-electron chi connectivity index (χ3n) is 6.27. The zero-order valence-electron chi connectivity index (χ0n) is 23.0. The predicted molar refractivity (Wildman–Crippen MR) is 148 cm³/mol. The molecule has 14 heteroatoms. The number of hydrogen-bond acceptors (Lipinski definition) is 8. The molecule has 1 N–H and O–H groups in total. The minimum Gasteiger partial charge on any atom is -0.493 e. The smallest absolute Gasteiger partial charge is 0.433 e. The number of carbonyl (C=O) groups is 1. The van der Waals surface area contributed by atoms with Crippen molar-refractivity contribution in [3.8, 4) is 22.8 Å². The van der Waals surface area contributed by atoms with Crippen molar-refractivity contribution in [1.82, 2.24) is 19.7 Å². The Balaban J connectivity index is 1.44. The molecule has 4 aromatic rings. The highest BCUT2D eigenvalue weighted by molar-refractivity contribution is 7.91. The number of halogens is 3. The summed E-state index contributed by atoms with van der Waals surface area (Å²) < 4.78 is 78.8. The van der Waals surface area contributed by atoms with Gasteiger partial charge in [0.05, 0.1) is 32.2 Å². The number of alkyl halides is 3. The van der Waals surface area contributed by atoms with Crippen LogP contribution in [0.3, 0.4) is 0 Å². The van der Waals surface area contributed by atoms with E-state index in [0.29, 0.717) is 18.4 Å². The summed E-state index contributed by atoms with van der Waals surface area (Å²) in [5, 5.41) is 5.92. The molecule has 2 aromatic carbocycles. The number of methoxy groups -OCH3 is 2. The minimum atomic E-state index is -4.93. The molecular formula is C28H28F3N5O5S. The first-order valence-electron chi connectivity index (χ1n) is 12.7. The van der Waals surface area contributed by atoms with Crippen molar-refractivity contribution in [2.24, 2.45) is 0 Å². The van der Waals surface area contributed by atoms with Crippen molar-refractivity contribution in [2.45, 2.75) is 37.6 Å². The fourth-order valence-electron chi connectivity index (χ4n) is 4.05. The Morgan fingerprint density at radius 2 is 1.74 bits per heavy atom. The predicted octanol–water partition coefficient (Wildman–Crippen LogP) is 4.93. The third kappa shape index (κ3) is 7.43. The Morgan fingerprint density at radius 1 is 1.00 bits per heavy atom. The monoisotopic (exact) mass is 603 g/mol. The van der Waals surface area contributed by atoms with Gasteiger partial charge in [-0.25, -0.2) is 18.4 Å². The van der Waals surface area contributed by atoms with Crippen LogP contribution in [0.5, 0.6) is 11.5 Å². The number of rotatable bonds is 11. The highest BCUT2D eigenvalue weighted by Gasteiger charge is 2.35. The van der Waals surface area contributed by atoms with Gasteiger partial charge in [0.15, 0.2) is 17.3 Å². The Labute approximate surface area is 240 Å². The van der Waals surface area contributed by atoms with Gasteiger partial charge in [-0.2, -0.15) is 18.3 Å². The highest BCUT2D eigenvalue weighted by atomic mass is 32.2. The molecule has 222 valence electrons. The molecule has 2 heterocycles. The number of ether oxygens (including phenoxy) is 2. The van der Waals surface area contributed by atoms with Crippen LogP contribution in [0, 0.1) is 6.92 Å². The first kappa shape index (κ1) is 30.5. The lowest BCUT2D eigenvalue weighted by atomic mass is 10.1. The summed E-state index contributed by atoms with van der Waals surface area (Å²) in [6.07, 6.45) is -3.62. The quantitative estimate of drug-likeness (QED) is 0.240. The Hall–Kier alpha value is -4.46. The number of carbonyl (C=O) groups excluding carboxylic acids is 1. The molecule has 0 saturated carbocycles. The number of amides is 1. The second-order valence-electron chi connectivity index (χ2n) is 9.28. The zero-order valence-corrected chi connectivity index (χ0v) is 23.8. The third-order valence-corrected chi connectivity index (χ3v) is 7.84. The van der Waals surface area contributed by atoms with Gasteiger partial charge >= 0.3 is 6.18 Å². The lowest BCUT2D eigenvalue weighted by Gasteiger charge is -2.13. The Morgan fingerprint density at radius 3 is 2.43 bits per heavy atom. The number of sulfone groups is 1. The SMILES string of the molecule is COc1ccc(-c2cc(C(F)(F)F)nc(S(=O)(=O)CCCC(=O)Nc3ccn(Cc4ccccc4C)n3)n2)cc1OC. The van der Waals surface area contributed by atoms with Crippen molar-refractivity contribution in [3.05, 3.63) is 77.6 Å². The lowest BCUT2D eigenvalue weighted by molar-refractivity contribution is -0.141. The molecule has 0 aliphatic carbocycles. The molecule has 0 fully saturated rings. The van der Waals surface area contributed by atoms with E-state index in [0.717, 1.165) is 11.1 Å². The number of benzene rings is 2. The first-order chi connectivity index (χ1) is 19.9. The summed E-state index contributed by atoms with van der Waals surface area (Å²) in [6.45, 7) is 2.49. The van der Waals surface area contributed by atoms with Gasteiger partial charge in [0, 0.05) is 24.2 Å². The molecule has 0 unspecified atom stereocenters. The van der Waals surface area contributed by atoms with E-state index in [1.807, 2.05) is 31.2 Å². The molecule has 4 rings (SSSR count). The van der Waals surface area contributed by atoms with Crippen LogP contribution in [0.15, 0.2) is 66.0 Å². The van der Waals surface area contributed by atoms with Crippen LogP contribution in [0.25, 0.3) is 11.3 Å². The summed E-state index contributed by atoms with van der Waals surface area (Å²) in [6, 6.07) is 14.3. The summed E-state index contributed by atoms with van der Waals surface area (Å²) in [5.74, 6) is -0.304. The van der Waals surface area contributed by atoms with Gasteiger partial charge in [-0.05, 0) is 48.7 Å². The van der Waals surface area contributed by atoms with Gasteiger partial charge < -0.3 is 14.8 Å². The van der Waals surface area contributed by atoms with E-state index in [2.05, 4.69) is 20.4 Å². The molecular weight excluding hydrogens is 575 g/mol. The summed E-state index contributed by atoms with van der Waals surface area (Å²) in [7, 11) is -1.63. The van der Waals surface area contributed by atoms with E-state index in [9.17, 15) is 26.4 Å². The van der Waals surface area contributed by atoms with Crippen LogP contribution in [0.1, 0.15) is 29.7 Å². The highest BCUT2D eigenvalue weighted by Crippen LogP contribution is 2.35.